The summed E-state index contributed by atoms with van der Waals surface area (Å²) in [5.74, 6) is -2.65. The van der Waals surface area contributed by atoms with Gasteiger partial charge in [0.15, 0.2) is 17.3 Å². The fourth-order valence-corrected chi connectivity index (χ4v) is 2.67. The molecule has 0 bridgehead atoms. The van der Waals surface area contributed by atoms with E-state index < -0.39 is 23.0 Å². The third-order valence-corrected chi connectivity index (χ3v) is 3.97. The van der Waals surface area contributed by atoms with Crippen LogP contribution in [0.2, 0.25) is 0 Å². The topological polar surface area (TPSA) is 112 Å². The van der Waals surface area contributed by atoms with Crippen LogP contribution in [0.5, 0.6) is 0 Å². The van der Waals surface area contributed by atoms with E-state index >= 15 is 0 Å². The van der Waals surface area contributed by atoms with Gasteiger partial charge in [-0.2, -0.15) is 0 Å². The smallest absolute Gasteiger partial charge is 0.343 e. The largest absolute Gasteiger partial charge is 0.462 e. The predicted octanol–water partition coefficient (Wildman–Crippen LogP) is 1.99. The normalized spacial score (nSPS) is 12.0. The van der Waals surface area contributed by atoms with E-state index in [4.69, 9.17) is 10.5 Å². The maximum absolute atomic E-state index is 14.4. The van der Waals surface area contributed by atoms with Crippen molar-refractivity contribution in [1.82, 2.24) is 14.5 Å². The molecule has 0 aromatic carbocycles. The molecule has 3 aromatic heterocycles. The molecule has 0 saturated carbocycles. The van der Waals surface area contributed by atoms with Gasteiger partial charge in [-0.1, -0.05) is 0 Å². The summed E-state index contributed by atoms with van der Waals surface area (Å²) in [6.45, 7) is 3.86. The maximum atomic E-state index is 14.4. The van der Waals surface area contributed by atoms with Gasteiger partial charge in [-0.15, -0.1) is 0 Å². The zero-order valence-corrected chi connectivity index (χ0v) is 15.8. The second kappa shape index (κ2) is 8.31. The first-order valence-corrected chi connectivity index (χ1v) is 8.86. The van der Waals surface area contributed by atoms with Gasteiger partial charge in [0.1, 0.15) is 17.2 Å². The van der Waals surface area contributed by atoms with Crippen LogP contribution in [0.4, 0.5) is 14.6 Å². The number of ether oxygens (including phenoxy) is 1. The molecular formula is C19H19F2N5O3. The second-order valence-corrected chi connectivity index (χ2v) is 6.35. The third-order valence-electron chi connectivity index (χ3n) is 3.97. The minimum Gasteiger partial charge on any atom is -0.462 e. The molecule has 0 aliphatic carbocycles. The van der Waals surface area contributed by atoms with E-state index in [-0.39, 0.29) is 35.1 Å². The zero-order valence-electron chi connectivity index (χ0n) is 15.8. The summed E-state index contributed by atoms with van der Waals surface area (Å²) in [6.07, 6.45) is 1.92. The summed E-state index contributed by atoms with van der Waals surface area (Å²) >= 11 is 0. The van der Waals surface area contributed by atoms with Crippen LogP contribution in [0.1, 0.15) is 24.2 Å². The molecule has 0 aliphatic rings. The van der Waals surface area contributed by atoms with Gasteiger partial charge >= 0.3 is 5.97 Å². The molecule has 0 amide bonds. The lowest BCUT2D eigenvalue weighted by atomic mass is 10.2. The standard InChI is InChI=1S/C19H19F2N5O3/c1-3-29-19(28)13-9-26(18-14(21)6-11(20)8-24-18)17-12(16(13)27)4-5-15(25-17)23-7-10(2)22/h4-6,8-10H,3,7,22H2,1-2H3,(H,23,25). The van der Waals surface area contributed by atoms with E-state index in [0.29, 0.717) is 18.4 Å². The van der Waals surface area contributed by atoms with Crippen molar-refractivity contribution in [2.24, 2.45) is 5.73 Å². The van der Waals surface area contributed by atoms with Gasteiger partial charge in [0, 0.05) is 24.8 Å². The van der Waals surface area contributed by atoms with Gasteiger partial charge in [0.05, 0.1) is 18.2 Å². The minimum absolute atomic E-state index is 0.0377. The van der Waals surface area contributed by atoms with Crippen LogP contribution in [0.3, 0.4) is 0 Å². The molecule has 3 heterocycles. The number of halogens is 2. The average Bonchev–Trinajstić information content (AvgIpc) is 2.67. The summed E-state index contributed by atoms with van der Waals surface area (Å²) < 4.78 is 33.8. The van der Waals surface area contributed by atoms with Crippen LogP contribution in [0, 0.1) is 11.6 Å². The van der Waals surface area contributed by atoms with Gasteiger partial charge in [0.25, 0.3) is 0 Å². The SMILES string of the molecule is CCOC(=O)c1cn(-c2ncc(F)cc2F)c2nc(NCC(C)N)ccc2c1=O. The van der Waals surface area contributed by atoms with Crippen LogP contribution >= 0.6 is 0 Å². The van der Waals surface area contributed by atoms with Crippen LogP contribution in [0.25, 0.3) is 16.9 Å². The zero-order chi connectivity index (χ0) is 21.1. The second-order valence-electron chi connectivity index (χ2n) is 6.35. The van der Waals surface area contributed by atoms with E-state index in [2.05, 4.69) is 15.3 Å². The van der Waals surface area contributed by atoms with Crippen molar-refractivity contribution in [2.45, 2.75) is 19.9 Å². The Morgan fingerprint density at radius 1 is 1.38 bits per heavy atom. The number of nitrogens with one attached hydrogen (secondary N) is 1. The van der Waals surface area contributed by atoms with Crippen LogP contribution in [0.15, 0.2) is 35.4 Å². The molecule has 3 rings (SSSR count). The molecule has 10 heteroatoms. The number of anilines is 1. The van der Waals surface area contributed by atoms with E-state index in [9.17, 15) is 18.4 Å². The molecule has 152 valence electrons. The first-order chi connectivity index (χ1) is 13.8. The highest BCUT2D eigenvalue weighted by atomic mass is 19.1. The van der Waals surface area contributed by atoms with Crippen LogP contribution in [-0.2, 0) is 4.74 Å². The number of esters is 1. The average molecular weight is 403 g/mol. The number of rotatable bonds is 6. The monoisotopic (exact) mass is 403 g/mol. The van der Waals surface area contributed by atoms with Gasteiger partial charge in [-0.25, -0.2) is 23.5 Å². The van der Waals surface area contributed by atoms with Gasteiger partial charge in [-0.05, 0) is 26.0 Å². The van der Waals surface area contributed by atoms with Crippen molar-refractivity contribution in [1.29, 1.82) is 0 Å². The Morgan fingerprint density at radius 2 is 2.14 bits per heavy atom. The van der Waals surface area contributed by atoms with Crippen LogP contribution < -0.4 is 16.5 Å². The Bertz CT molecular complexity index is 1130. The number of carbonyl (C=O) groups is 1. The third kappa shape index (κ3) is 4.21. The highest BCUT2D eigenvalue weighted by molar-refractivity contribution is 5.93. The molecule has 0 spiro atoms. The highest BCUT2D eigenvalue weighted by Crippen LogP contribution is 2.20. The number of carbonyl (C=O) groups excluding carboxylic acids is 1. The minimum atomic E-state index is -0.986. The lowest BCUT2D eigenvalue weighted by Crippen LogP contribution is -2.26. The lowest BCUT2D eigenvalue weighted by molar-refractivity contribution is 0.0524. The number of fused-ring (bicyclic) bond motifs is 1. The number of nitrogens with zero attached hydrogens (tertiary/aromatic N) is 3. The molecule has 1 unspecified atom stereocenters. The molecule has 0 aliphatic heterocycles. The Labute approximate surface area is 164 Å². The Morgan fingerprint density at radius 3 is 2.79 bits per heavy atom. The molecule has 8 nitrogen and oxygen atoms in total. The first-order valence-electron chi connectivity index (χ1n) is 8.86. The molecule has 0 saturated heterocycles. The molecule has 3 aromatic rings. The molecular weight excluding hydrogens is 384 g/mol. The van der Waals surface area contributed by atoms with Gasteiger partial charge < -0.3 is 15.8 Å². The summed E-state index contributed by atoms with van der Waals surface area (Å²) in [7, 11) is 0. The van der Waals surface area contributed by atoms with E-state index in [1.807, 2.05) is 0 Å². The maximum Gasteiger partial charge on any atom is 0.343 e. The molecule has 0 radical (unpaired) electrons. The van der Waals surface area contributed by atoms with Crippen molar-refractivity contribution < 1.29 is 18.3 Å². The summed E-state index contributed by atoms with van der Waals surface area (Å²) in [5, 5.41) is 3.05. The summed E-state index contributed by atoms with van der Waals surface area (Å²) in [6, 6.07) is 3.49. The summed E-state index contributed by atoms with van der Waals surface area (Å²) in [5.41, 5.74) is 4.82. The fourth-order valence-electron chi connectivity index (χ4n) is 2.67. The van der Waals surface area contributed by atoms with Crippen molar-refractivity contribution in [3.63, 3.8) is 0 Å². The first kappa shape index (κ1) is 20.3. The Kier molecular flexibility index (Phi) is 5.83. The van der Waals surface area contributed by atoms with Gasteiger partial charge in [0.2, 0.25) is 5.43 Å². The molecule has 1 atom stereocenters. The van der Waals surface area contributed by atoms with E-state index in [1.54, 1.807) is 19.9 Å². The van der Waals surface area contributed by atoms with Crippen molar-refractivity contribution in [2.75, 3.05) is 18.5 Å². The van der Waals surface area contributed by atoms with E-state index in [0.717, 1.165) is 17.0 Å². The van der Waals surface area contributed by atoms with Crippen molar-refractivity contribution in [3.8, 4) is 5.82 Å². The number of hydrogen-bond donors (Lipinski definition) is 2. The fraction of sp³-hybridized carbons (Fsp3) is 0.263. The van der Waals surface area contributed by atoms with Crippen molar-refractivity contribution in [3.05, 3.63) is 58.0 Å². The van der Waals surface area contributed by atoms with Crippen LogP contribution in [-0.4, -0.2) is 39.7 Å². The predicted molar refractivity (Wildman–Crippen MR) is 103 cm³/mol. The number of hydrogen-bond acceptors (Lipinski definition) is 7. The Hall–Kier alpha value is -3.40. The lowest BCUT2D eigenvalue weighted by Gasteiger charge is -2.14. The molecule has 0 fully saturated rings. The number of nitrogens with two attached hydrogens (primary N) is 1. The Balaban J connectivity index is 2.28. The van der Waals surface area contributed by atoms with Crippen molar-refractivity contribution >= 4 is 22.8 Å². The van der Waals surface area contributed by atoms with E-state index in [1.165, 1.54) is 6.07 Å². The molecule has 29 heavy (non-hydrogen) atoms. The number of aromatic nitrogens is 3. The molecule has 3 N–H and O–H groups in total. The van der Waals surface area contributed by atoms with Gasteiger partial charge in [-0.3, -0.25) is 9.36 Å². The highest BCUT2D eigenvalue weighted by Gasteiger charge is 2.20. The summed E-state index contributed by atoms with van der Waals surface area (Å²) in [4.78, 5) is 33.1. The quantitative estimate of drug-likeness (QED) is 0.606. The number of pyridine rings is 3.